The van der Waals surface area contributed by atoms with Crippen molar-refractivity contribution in [1.82, 2.24) is 9.55 Å². The van der Waals surface area contributed by atoms with Gasteiger partial charge >= 0.3 is 5.69 Å². The Bertz CT molecular complexity index is 680. The molecule has 1 fully saturated rings. The number of ether oxygens (including phenoxy) is 1. The quantitative estimate of drug-likeness (QED) is 0.258. The number of aliphatic hydroxyl groups is 2. The molecule has 5 N–H and O–H groups in total. The van der Waals surface area contributed by atoms with Crippen LogP contribution in [0.2, 0.25) is 0 Å². The first-order valence-electron chi connectivity index (χ1n) is 5.51. The summed E-state index contributed by atoms with van der Waals surface area (Å²) >= 11 is 1.86. The third-order valence-electron chi connectivity index (χ3n) is 3.13. The summed E-state index contributed by atoms with van der Waals surface area (Å²) in [4.78, 5) is 24.8. The van der Waals surface area contributed by atoms with Crippen LogP contribution < -0.4 is 17.0 Å². The number of nitrogens with two attached hydrogens (primary N) is 1. The fourth-order valence-electron chi connectivity index (χ4n) is 2.01. The topological polar surface area (TPSA) is 131 Å². The van der Waals surface area contributed by atoms with Gasteiger partial charge in [0.1, 0.15) is 6.10 Å². The molecule has 0 radical (unpaired) electrons. The molecule has 4 atom stereocenters. The summed E-state index contributed by atoms with van der Waals surface area (Å²) in [6.07, 6.45) is 3.36. The molecule has 20 heavy (non-hydrogen) atoms. The number of aliphatic hydroxyl groups excluding tert-OH is 1. The fraction of sp³-hybridized carbons (Fsp3) is 0.455. The van der Waals surface area contributed by atoms with Crippen LogP contribution in [0.5, 0.6) is 0 Å². The van der Waals surface area contributed by atoms with E-state index in [1.165, 1.54) is 0 Å². The Morgan fingerprint density at radius 3 is 2.80 bits per heavy atom. The van der Waals surface area contributed by atoms with Gasteiger partial charge in [0.15, 0.2) is 12.0 Å². The van der Waals surface area contributed by atoms with E-state index in [4.69, 9.17) is 16.9 Å². The standard InChI is InChI=1S/C11H12IN3O5/c1-2-10(19)7(17)11(13,5-12)20-8(10)15-4-3-6(16)14-9(15)18/h1,3-4,7-8,17,19H,5,13H2,(H,14,16,18)/t7-,8+,10+,11+/m0/s1. The number of nitrogens with zero attached hydrogens (tertiary/aromatic N) is 1. The van der Waals surface area contributed by atoms with Crippen molar-refractivity contribution < 1.29 is 14.9 Å². The van der Waals surface area contributed by atoms with E-state index in [9.17, 15) is 19.8 Å². The van der Waals surface area contributed by atoms with E-state index in [1.54, 1.807) is 0 Å². The zero-order valence-electron chi connectivity index (χ0n) is 10.1. The molecule has 2 heterocycles. The molecule has 108 valence electrons. The van der Waals surface area contributed by atoms with Crippen LogP contribution in [0.4, 0.5) is 0 Å². The van der Waals surface area contributed by atoms with Crippen LogP contribution in [0, 0.1) is 12.3 Å². The molecule has 0 spiro atoms. The van der Waals surface area contributed by atoms with Gasteiger partial charge in [-0.1, -0.05) is 28.5 Å². The highest BCUT2D eigenvalue weighted by atomic mass is 127. The number of rotatable bonds is 2. The predicted molar refractivity (Wildman–Crippen MR) is 77.0 cm³/mol. The zero-order valence-corrected chi connectivity index (χ0v) is 12.3. The maximum Gasteiger partial charge on any atom is 0.330 e. The molecule has 1 aromatic rings. The minimum absolute atomic E-state index is 0.129. The van der Waals surface area contributed by atoms with Gasteiger partial charge in [0, 0.05) is 16.7 Å². The van der Waals surface area contributed by atoms with Crippen LogP contribution in [0.3, 0.4) is 0 Å². The van der Waals surface area contributed by atoms with Crippen molar-refractivity contribution in [2.24, 2.45) is 5.73 Å². The van der Waals surface area contributed by atoms with Crippen molar-refractivity contribution >= 4 is 22.6 Å². The monoisotopic (exact) mass is 393 g/mol. The summed E-state index contributed by atoms with van der Waals surface area (Å²) in [6.45, 7) is 0. The normalized spacial score (nSPS) is 36.8. The second-order valence-electron chi connectivity index (χ2n) is 4.45. The third-order valence-corrected chi connectivity index (χ3v) is 4.32. The van der Waals surface area contributed by atoms with Crippen LogP contribution >= 0.6 is 22.6 Å². The molecule has 0 aliphatic carbocycles. The number of nitrogens with one attached hydrogen (secondary N) is 1. The number of terminal acetylenes is 1. The highest BCUT2D eigenvalue weighted by Gasteiger charge is 2.62. The van der Waals surface area contributed by atoms with E-state index in [0.29, 0.717) is 0 Å². The Balaban J connectivity index is 2.59. The number of alkyl halides is 1. The maximum absolute atomic E-state index is 11.8. The lowest BCUT2D eigenvalue weighted by Crippen LogP contribution is -2.56. The lowest BCUT2D eigenvalue weighted by atomic mass is 9.93. The summed E-state index contributed by atoms with van der Waals surface area (Å²) in [6, 6.07) is 1.06. The van der Waals surface area contributed by atoms with Crippen molar-refractivity contribution in [2.45, 2.75) is 23.7 Å². The number of hydrogen-bond donors (Lipinski definition) is 4. The van der Waals surface area contributed by atoms with Crippen molar-refractivity contribution in [3.63, 3.8) is 0 Å². The van der Waals surface area contributed by atoms with Crippen molar-refractivity contribution in [1.29, 1.82) is 0 Å². The molecular weight excluding hydrogens is 381 g/mol. The van der Waals surface area contributed by atoms with Crippen LogP contribution in [-0.2, 0) is 4.74 Å². The van der Waals surface area contributed by atoms with Crippen LogP contribution in [0.25, 0.3) is 0 Å². The predicted octanol–water partition coefficient (Wildman–Crippen LogP) is -2.12. The Kier molecular flexibility index (Phi) is 3.78. The zero-order chi connectivity index (χ0) is 15.1. The van der Waals surface area contributed by atoms with E-state index < -0.39 is 34.9 Å². The second-order valence-corrected chi connectivity index (χ2v) is 5.21. The molecule has 0 aromatic carbocycles. The van der Waals surface area contributed by atoms with Gasteiger partial charge in [0.2, 0.25) is 5.60 Å². The summed E-state index contributed by atoms with van der Waals surface area (Å²) in [5, 5.41) is 20.5. The van der Waals surface area contributed by atoms with E-state index in [0.717, 1.165) is 16.8 Å². The van der Waals surface area contributed by atoms with Gasteiger partial charge in [-0.15, -0.1) is 6.42 Å². The van der Waals surface area contributed by atoms with Crippen LogP contribution in [-0.4, -0.2) is 41.6 Å². The van der Waals surface area contributed by atoms with Gasteiger partial charge in [-0.05, 0) is 0 Å². The van der Waals surface area contributed by atoms with Crippen molar-refractivity contribution in [2.75, 3.05) is 4.43 Å². The molecule has 1 aliphatic rings. The first-order valence-corrected chi connectivity index (χ1v) is 7.03. The molecule has 1 saturated heterocycles. The SMILES string of the molecule is C#C[C@]1(O)[C@H](n2ccc(=O)[nH]c2=O)O[C@](N)(CI)[C@H]1O. The van der Waals surface area contributed by atoms with Gasteiger partial charge in [-0.2, -0.15) is 0 Å². The molecule has 0 unspecified atom stereocenters. The van der Waals surface area contributed by atoms with Gasteiger partial charge in [-0.25, -0.2) is 4.79 Å². The molecule has 1 aromatic heterocycles. The van der Waals surface area contributed by atoms with Crippen LogP contribution in [0.15, 0.2) is 21.9 Å². The van der Waals surface area contributed by atoms with E-state index >= 15 is 0 Å². The smallest absolute Gasteiger partial charge is 0.330 e. The van der Waals surface area contributed by atoms with Gasteiger partial charge in [0.25, 0.3) is 5.56 Å². The van der Waals surface area contributed by atoms with Crippen molar-refractivity contribution in [3.8, 4) is 12.3 Å². The molecular formula is C11H12IN3O5. The molecule has 1 aliphatic heterocycles. The second kappa shape index (κ2) is 4.97. The molecule has 8 nitrogen and oxygen atoms in total. The Hall–Kier alpha value is -1.19. The first kappa shape index (κ1) is 15.2. The van der Waals surface area contributed by atoms with E-state index in [-0.39, 0.29) is 4.43 Å². The number of aromatic nitrogens is 2. The Morgan fingerprint density at radius 1 is 1.65 bits per heavy atom. The molecule has 0 bridgehead atoms. The number of halogens is 1. The molecule has 2 rings (SSSR count). The third kappa shape index (κ3) is 2.09. The lowest BCUT2D eigenvalue weighted by Gasteiger charge is -2.27. The average molecular weight is 393 g/mol. The summed E-state index contributed by atoms with van der Waals surface area (Å²) in [5.41, 5.74) is 0.595. The van der Waals surface area contributed by atoms with Gasteiger partial charge < -0.3 is 20.7 Å². The number of aromatic amines is 1. The number of H-pyrrole nitrogens is 1. The van der Waals surface area contributed by atoms with Gasteiger partial charge in [0.05, 0.1) is 0 Å². The maximum atomic E-state index is 11.8. The van der Waals surface area contributed by atoms with E-state index in [1.807, 2.05) is 33.5 Å². The highest BCUT2D eigenvalue weighted by molar-refractivity contribution is 14.1. The molecule has 0 amide bonds. The summed E-state index contributed by atoms with van der Waals surface area (Å²) in [7, 11) is 0. The van der Waals surface area contributed by atoms with Crippen molar-refractivity contribution in [3.05, 3.63) is 33.1 Å². The fourth-order valence-corrected chi connectivity index (χ4v) is 2.60. The lowest BCUT2D eigenvalue weighted by molar-refractivity contribution is -0.0930. The summed E-state index contributed by atoms with van der Waals surface area (Å²) < 4.78 is 6.40. The molecule has 0 saturated carbocycles. The number of hydrogen-bond acceptors (Lipinski definition) is 6. The minimum Gasteiger partial charge on any atom is -0.384 e. The van der Waals surface area contributed by atoms with Gasteiger partial charge in [-0.3, -0.25) is 14.3 Å². The van der Waals surface area contributed by atoms with Crippen LogP contribution in [0.1, 0.15) is 6.23 Å². The first-order chi connectivity index (χ1) is 9.28. The summed E-state index contributed by atoms with van der Waals surface area (Å²) in [5.74, 6) is 2.02. The van der Waals surface area contributed by atoms with E-state index in [2.05, 4.69) is 0 Å². The Labute approximate surface area is 126 Å². The minimum atomic E-state index is -2.19. The largest absolute Gasteiger partial charge is 0.384 e. The molecule has 9 heteroatoms. The Morgan fingerprint density at radius 2 is 2.30 bits per heavy atom. The highest BCUT2D eigenvalue weighted by Crippen LogP contribution is 2.41. The average Bonchev–Trinajstić information content (AvgIpc) is 2.62.